The number of aliphatic hydroxyl groups excluding tert-OH is 1. The minimum atomic E-state index is -0.908. The SMILES string of the molecule is CC(C)(CO)C(=O)N1CCC(NC(=O)[C@@H]2CCCO2)[C@@H]1Cc1cccc(-c2cccc(F)c2)c1. The first-order valence-electron chi connectivity index (χ1n) is 12.0. The summed E-state index contributed by atoms with van der Waals surface area (Å²) in [5.74, 6) is -0.550. The molecule has 7 heteroatoms. The van der Waals surface area contributed by atoms with Crippen LogP contribution in [0.15, 0.2) is 48.5 Å². The lowest BCUT2D eigenvalue weighted by Gasteiger charge is -2.34. The zero-order valence-electron chi connectivity index (χ0n) is 19.8. The van der Waals surface area contributed by atoms with Gasteiger partial charge in [0.25, 0.3) is 0 Å². The molecule has 0 aliphatic carbocycles. The van der Waals surface area contributed by atoms with E-state index in [2.05, 4.69) is 5.32 Å². The number of carbonyl (C=O) groups excluding carboxylic acids is 2. The van der Waals surface area contributed by atoms with E-state index in [1.54, 1.807) is 24.8 Å². The van der Waals surface area contributed by atoms with Crippen molar-refractivity contribution in [3.8, 4) is 11.1 Å². The van der Waals surface area contributed by atoms with Gasteiger partial charge in [-0.15, -0.1) is 0 Å². The Morgan fingerprint density at radius 3 is 2.56 bits per heavy atom. The van der Waals surface area contributed by atoms with E-state index in [1.807, 2.05) is 30.3 Å². The normalized spacial score (nSPS) is 22.7. The number of amides is 2. The molecule has 2 aliphatic heterocycles. The number of ether oxygens (including phenoxy) is 1. The molecule has 2 aromatic rings. The number of hydrogen-bond acceptors (Lipinski definition) is 4. The van der Waals surface area contributed by atoms with Crippen LogP contribution in [0.5, 0.6) is 0 Å². The van der Waals surface area contributed by atoms with Gasteiger partial charge in [0.05, 0.1) is 24.1 Å². The Morgan fingerprint density at radius 2 is 1.88 bits per heavy atom. The van der Waals surface area contributed by atoms with Crippen LogP contribution in [-0.2, 0) is 20.7 Å². The first kappa shape index (κ1) is 24.4. The van der Waals surface area contributed by atoms with Gasteiger partial charge in [0.15, 0.2) is 0 Å². The molecule has 0 aromatic heterocycles. The molecular weight excluding hydrogens is 435 g/mol. The monoisotopic (exact) mass is 468 g/mol. The fourth-order valence-corrected chi connectivity index (χ4v) is 4.83. The van der Waals surface area contributed by atoms with E-state index in [0.717, 1.165) is 23.1 Å². The fraction of sp³-hybridized carbons (Fsp3) is 0.481. The summed E-state index contributed by atoms with van der Waals surface area (Å²) in [6, 6.07) is 13.8. The summed E-state index contributed by atoms with van der Waals surface area (Å²) in [7, 11) is 0. The highest BCUT2D eigenvalue weighted by molar-refractivity contribution is 5.84. The Hall–Kier alpha value is -2.77. The summed E-state index contributed by atoms with van der Waals surface area (Å²) in [6.07, 6.45) is 2.32. The molecule has 4 rings (SSSR count). The molecule has 0 spiro atoms. The first-order chi connectivity index (χ1) is 16.3. The van der Waals surface area contributed by atoms with Crippen molar-refractivity contribution in [1.29, 1.82) is 0 Å². The smallest absolute Gasteiger partial charge is 0.249 e. The minimum Gasteiger partial charge on any atom is -0.395 e. The van der Waals surface area contributed by atoms with Crippen LogP contribution in [0.3, 0.4) is 0 Å². The Labute approximate surface area is 200 Å². The van der Waals surface area contributed by atoms with Gasteiger partial charge in [0, 0.05) is 13.2 Å². The lowest BCUT2D eigenvalue weighted by molar-refractivity contribution is -0.144. The minimum absolute atomic E-state index is 0.128. The van der Waals surface area contributed by atoms with Gasteiger partial charge in [-0.3, -0.25) is 9.59 Å². The Bertz CT molecular complexity index is 1030. The van der Waals surface area contributed by atoms with Crippen LogP contribution in [0.25, 0.3) is 11.1 Å². The summed E-state index contributed by atoms with van der Waals surface area (Å²) in [5, 5.41) is 12.9. The lowest BCUT2D eigenvalue weighted by Crippen LogP contribution is -2.52. The zero-order valence-corrected chi connectivity index (χ0v) is 19.8. The molecule has 0 radical (unpaired) electrons. The Balaban J connectivity index is 1.58. The van der Waals surface area contributed by atoms with E-state index in [1.165, 1.54) is 12.1 Å². The molecule has 2 amide bonds. The largest absolute Gasteiger partial charge is 0.395 e. The van der Waals surface area contributed by atoms with Gasteiger partial charge < -0.3 is 20.1 Å². The van der Waals surface area contributed by atoms with Gasteiger partial charge in [-0.05, 0) is 68.4 Å². The lowest BCUT2D eigenvalue weighted by atomic mass is 9.91. The molecule has 3 atom stereocenters. The van der Waals surface area contributed by atoms with Crippen LogP contribution in [0, 0.1) is 11.2 Å². The van der Waals surface area contributed by atoms with Gasteiger partial charge in [-0.1, -0.05) is 36.4 Å². The van der Waals surface area contributed by atoms with E-state index in [0.29, 0.717) is 32.4 Å². The second-order valence-corrected chi connectivity index (χ2v) is 9.93. The number of rotatable bonds is 7. The quantitative estimate of drug-likeness (QED) is 0.654. The summed E-state index contributed by atoms with van der Waals surface area (Å²) in [5.41, 5.74) is 1.76. The van der Waals surface area contributed by atoms with Crippen LogP contribution in [0.2, 0.25) is 0 Å². The predicted octanol–water partition coefficient (Wildman–Crippen LogP) is 3.32. The van der Waals surface area contributed by atoms with Crippen molar-refractivity contribution in [1.82, 2.24) is 10.2 Å². The van der Waals surface area contributed by atoms with Crippen molar-refractivity contribution in [2.24, 2.45) is 5.41 Å². The maximum absolute atomic E-state index is 13.8. The molecular formula is C27H33FN2O4. The van der Waals surface area contributed by atoms with E-state index in [4.69, 9.17) is 4.74 Å². The number of likely N-dealkylation sites (tertiary alicyclic amines) is 1. The zero-order chi connectivity index (χ0) is 24.3. The van der Waals surface area contributed by atoms with Gasteiger partial charge >= 0.3 is 0 Å². The van der Waals surface area contributed by atoms with Crippen LogP contribution < -0.4 is 5.32 Å². The molecule has 0 saturated carbocycles. The number of carbonyl (C=O) groups is 2. The maximum Gasteiger partial charge on any atom is 0.249 e. The maximum atomic E-state index is 13.8. The van der Waals surface area contributed by atoms with Crippen molar-refractivity contribution < 1.29 is 23.8 Å². The number of nitrogens with zero attached hydrogens (tertiary/aromatic N) is 1. The number of nitrogens with one attached hydrogen (secondary N) is 1. The average molecular weight is 469 g/mol. The van der Waals surface area contributed by atoms with Gasteiger partial charge in [0.2, 0.25) is 11.8 Å². The van der Waals surface area contributed by atoms with Crippen LogP contribution in [0.4, 0.5) is 4.39 Å². The van der Waals surface area contributed by atoms with Crippen LogP contribution >= 0.6 is 0 Å². The second-order valence-electron chi connectivity index (χ2n) is 9.93. The third kappa shape index (κ3) is 5.31. The van der Waals surface area contributed by atoms with E-state index in [-0.39, 0.29) is 36.3 Å². The topological polar surface area (TPSA) is 78.9 Å². The molecule has 6 nitrogen and oxygen atoms in total. The van der Waals surface area contributed by atoms with Gasteiger partial charge in [-0.25, -0.2) is 4.39 Å². The average Bonchev–Trinajstić information content (AvgIpc) is 3.50. The summed E-state index contributed by atoms with van der Waals surface area (Å²) >= 11 is 0. The highest BCUT2D eigenvalue weighted by Crippen LogP contribution is 2.30. The van der Waals surface area contributed by atoms with E-state index >= 15 is 0 Å². The van der Waals surface area contributed by atoms with E-state index in [9.17, 15) is 19.1 Å². The molecule has 2 heterocycles. The molecule has 1 unspecified atom stereocenters. The van der Waals surface area contributed by atoms with Crippen molar-refractivity contribution in [2.45, 2.75) is 57.7 Å². The van der Waals surface area contributed by atoms with Crippen molar-refractivity contribution in [3.05, 3.63) is 59.9 Å². The highest BCUT2D eigenvalue weighted by atomic mass is 19.1. The Morgan fingerprint density at radius 1 is 1.15 bits per heavy atom. The third-order valence-electron chi connectivity index (χ3n) is 6.86. The van der Waals surface area contributed by atoms with Crippen molar-refractivity contribution in [2.75, 3.05) is 19.8 Å². The molecule has 2 aromatic carbocycles. The number of benzene rings is 2. The van der Waals surface area contributed by atoms with Gasteiger partial charge in [0.1, 0.15) is 11.9 Å². The molecule has 34 heavy (non-hydrogen) atoms. The third-order valence-corrected chi connectivity index (χ3v) is 6.86. The van der Waals surface area contributed by atoms with Crippen molar-refractivity contribution >= 4 is 11.8 Å². The first-order valence-corrected chi connectivity index (χ1v) is 12.0. The molecule has 2 fully saturated rings. The predicted molar refractivity (Wildman–Crippen MR) is 127 cm³/mol. The molecule has 182 valence electrons. The van der Waals surface area contributed by atoms with E-state index < -0.39 is 11.5 Å². The summed E-state index contributed by atoms with van der Waals surface area (Å²) in [6.45, 7) is 4.31. The number of hydrogen-bond donors (Lipinski definition) is 2. The van der Waals surface area contributed by atoms with Crippen LogP contribution in [0.1, 0.15) is 38.7 Å². The molecule has 2 saturated heterocycles. The van der Waals surface area contributed by atoms with Crippen LogP contribution in [-0.4, -0.2) is 59.8 Å². The Kier molecular flexibility index (Phi) is 7.33. The number of aliphatic hydroxyl groups is 1. The van der Waals surface area contributed by atoms with Crippen molar-refractivity contribution in [3.63, 3.8) is 0 Å². The number of halogens is 1. The van der Waals surface area contributed by atoms with Gasteiger partial charge in [-0.2, -0.15) is 0 Å². The fourth-order valence-electron chi connectivity index (χ4n) is 4.83. The summed E-state index contributed by atoms with van der Waals surface area (Å²) in [4.78, 5) is 27.9. The second kappa shape index (κ2) is 10.2. The molecule has 2 N–H and O–H groups in total. The highest BCUT2D eigenvalue weighted by Gasteiger charge is 2.43. The summed E-state index contributed by atoms with van der Waals surface area (Å²) < 4.78 is 19.3. The molecule has 2 aliphatic rings. The molecule has 0 bridgehead atoms. The standard InChI is InChI=1S/C27H33FN2O4/c1-27(2,17-31)26(33)30-12-11-22(29-25(32)24-10-5-13-34-24)23(30)15-18-6-3-7-19(14-18)20-8-4-9-21(28)16-20/h3-4,6-9,14,16,22-24,31H,5,10-13,15,17H2,1-2H3,(H,29,32)/t22?,23-,24-/m0/s1.